The maximum Gasteiger partial charge on any atom is 0.341 e. The molecule has 0 bridgehead atoms. The summed E-state index contributed by atoms with van der Waals surface area (Å²) in [6.45, 7) is 3.40. The summed E-state index contributed by atoms with van der Waals surface area (Å²) in [5.41, 5.74) is 0.291. The van der Waals surface area contributed by atoms with Crippen molar-refractivity contribution < 1.29 is 33.1 Å². The predicted molar refractivity (Wildman–Crippen MR) is 119 cm³/mol. The monoisotopic (exact) mass is 459 g/mol. The molecule has 1 aliphatic carbocycles. The summed E-state index contributed by atoms with van der Waals surface area (Å²) >= 11 is 0. The predicted octanol–water partition coefficient (Wildman–Crippen LogP) is 3.70. The van der Waals surface area contributed by atoms with Gasteiger partial charge in [0.15, 0.2) is 23.4 Å². The first kappa shape index (κ1) is 24.1. The lowest BCUT2D eigenvalue weighted by Crippen LogP contribution is -2.32. The summed E-state index contributed by atoms with van der Waals surface area (Å²) in [4.78, 5) is 38.4. The topological polar surface area (TPSA) is 129 Å². The first-order chi connectivity index (χ1) is 15.9. The Hall–Kier alpha value is -3.56. The molecule has 10 nitrogen and oxygen atoms in total. The van der Waals surface area contributed by atoms with Gasteiger partial charge >= 0.3 is 5.97 Å². The molecule has 0 aliphatic heterocycles. The molecule has 3 rings (SSSR count). The van der Waals surface area contributed by atoms with Crippen molar-refractivity contribution in [2.45, 2.75) is 52.1 Å². The van der Waals surface area contributed by atoms with Crippen LogP contribution in [0.3, 0.4) is 0 Å². The van der Waals surface area contributed by atoms with Crippen LogP contribution in [0.2, 0.25) is 0 Å². The molecule has 0 radical (unpaired) electrons. The van der Waals surface area contributed by atoms with Crippen molar-refractivity contribution in [3.05, 3.63) is 29.5 Å². The van der Waals surface area contributed by atoms with Crippen LogP contribution in [0.4, 0.5) is 11.5 Å². The molecule has 1 aliphatic rings. The van der Waals surface area contributed by atoms with Crippen LogP contribution >= 0.6 is 0 Å². The highest BCUT2D eigenvalue weighted by atomic mass is 16.5. The summed E-state index contributed by atoms with van der Waals surface area (Å²) < 4.78 is 21.0. The molecule has 10 heteroatoms. The minimum Gasteiger partial charge on any atom is -0.493 e. The van der Waals surface area contributed by atoms with E-state index in [1.165, 1.54) is 26.4 Å². The highest BCUT2D eigenvalue weighted by Gasteiger charge is 2.28. The SMILES string of the molecule is CC[C@@H](OC(=O)c1cc(OC)c(OC)cc1NC(=O)C1CCCC1)C(=O)Nc1cc(C)on1. The van der Waals surface area contributed by atoms with Crippen molar-refractivity contribution in [2.24, 2.45) is 5.92 Å². The summed E-state index contributed by atoms with van der Waals surface area (Å²) in [6, 6.07) is 4.50. The average molecular weight is 459 g/mol. The summed E-state index contributed by atoms with van der Waals surface area (Å²) in [5, 5.41) is 9.09. The van der Waals surface area contributed by atoms with E-state index in [1.54, 1.807) is 19.9 Å². The number of aryl methyl sites for hydroxylation is 1. The van der Waals surface area contributed by atoms with E-state index in [0.717, 1.165) is 25.7 Å². The normalized spacial score (nSPS) is 14.4. The van der Waals surface area contributed by atoms with Gasteiger partial charge in [0.1, 0.15) is 5.76 Å². The second kappa shape index (κ2) is 10.8. The Labute approximate surface area is 191 Å². The number of amides is 2. The number of hydrogen-bond donors (Lipinski definition) is 2. The molecule has 1 atom stereocenters. The van der Waals surface area contributed by atoms with Gasteiger partial charge in [-0.3, -0.25) is 9.59 Å². The highest BCUT2D eigenvalue weighted by molar-refractivity contribution is 6.04. The van der Waals surface area contributed by atoms with E-state index in [2.05, 4.69) is 15.8 Å². The maximum absolute atomic E-state index is 13.1. The maximum atomic E-state index is 13.1. The van der Waals surface area contributed by atoms with Crippen LogP contribution in [0, 0.1) is 12.8 Å². The van der Waals surface area contributed by atoms with Crippen molar-refractivity contribution in [1.82, 2.24) is 5.16 Å². The third kappa shape index (κ3) is 5.82. The Morgan fingerprint density at radius 3 is 2.33 bits per heavy atom. The quantitative estimate of drug-likeness (QED) is 0.543. The van der Waals surface area contributed by atoms with Crippen LogP contribution in [0.5, 0.6) is 11.5 Å². The van der Waals surface area contributed by atoms with Gasteiger partial charge in [-0.05, 0) is 26.2 Å². The molecule has 1 fully saturated rings. The molecular formula is C23H29N3O7. The number of nitrogens with one attached hydrogen (secondary N) is 2. The van der Waals surface area contributed by atoms with E-state index in [0.29, 0.717) is 17.3 Å². The molecule has 1 aromatic heterocycles. The molecular weight excluding hydrogens is 430 g/mol. The molecule has 1 heterocycles. The van der Waals surface area contributed by atoms with Crippen molar-refractivity contribution in [2.75, 3.05) is 24.9 Å². The number of hydrogen-bond acceptors (Lipinski definition) is 8. The van der Waals surface area contributed by atoms with Crippen molar-refractivity contribution in [3.63, 3.8) is 0 Å². The third-order valence-electron chi connectivity index (χ3n) is 5.52. The number of methoxy groups -OCH3 is 2. The minimum atomic E-state index is -1.08. The van der Waals surface area contributed by atoms with Crippen molar-refractivity contribution in [1.29, 1.82) is 0 Å². The van der Waals surface area contributed by atoms with Crippen LogP contribution in [0.25, 0.3) is 0 Å². The third-order valence-corrected chi connectivity index (χ3v) is 5.52. The van der Waals surface area contributed by atoms with Gasteiger partial charge in [-0.25, -0.2) is 4.79 Å². The van der Waals surface area contributed by atoms with Gasteiger partial charge in [-0.2, -0.15) is 0 Å². The van der Waals surface area contributed by atoms with Gasteiger partial charge in [0.05, 0.1) is 25.5 Å². The van der Waals surface area contributed by atoms with Gasteiger partial charge < -0.3 is 29.4 Å². The van der Waals surface area contributed by atoms with E-state index in [-0.39, 0.29) is 35.3 Å². The summed E-state index contributed by atoms with van der Waals surface area (Å²) in [6.07, 6.45) is 2.75. The van der Waals surface area contributed by atoms with E-state index in [1.807, 2.05) is 0 Å². The molecule has 0 spiro atoms. The summed E-state index contributed by atoms with van der Waals surface area (Å²) in [7, 11) is 2.90. The first-order valence-electron chi connectivity index (χ1n) is 10.9. The molecule has 178 valence electrons. The zero-order valence-electron chi connectivity index (χ0n) is 19.2. The number of ether oxygens (including phenoxy) is 3. The van der Waals surface area contributed by atoms with Gasteiger partial charge in [0.2, 0.25) is 5.91 Å². The summed E-state index contributed by atoms with van der Waals surface area (Å²) in [5.74, 6) is -0.207. The molecule has 1 saturated carbocycles. The molecule has 2 N–H and O–H groups in total. The van der Waals surface area contributed by atoms with E-state index < -0.39 is 18.0 Å². The Kier molecular flexibility index (Phi) is 7.92. The molecule has 0 unspecified atom stereocenters. The Balaban J connectivity index is 1.82. The zero-order chi connectivity index (χ0) is 24.0. The smallest absolute Gasteiger partial charge is 0.341 e. The Bertz CT molecular complexity index is 1010. The average Bonchev–Trinajstić information content (AvgIpc) is 3.48. The second-order valence-corrected chi connectivity index (χ2v) is 7.84. The number of rotatable bonds is 9. The van der Waals surface area contributed by atoms with Crippen LogP contribution in [-0.2, 0) is 14.3 Å². The molecule has 2 aromatic rings. The molecule has 33 heavy (non-hydrogen) atoms. The van der Waals surface area contributed by atoms with E-state index in [9.17, 15) is 14.4 Å². The fourth-order valence-corrected chi connectivity index (χ4v) is 3.72. The number of benzene rings is 1. The van der Waals surface area contributed by atoms with Gasteiger partial charge in [-0.1, -0.05) is 24.9 Å². The number of aromatic nitrogens is 1. The molecule has 0 saturated heterocycles. The number of carbonyl (C=O) groups excluding carboxylic acids is 3. The fraction of sp³-hybridized carbons (Fsp3) is 0.478. The lowest BCUT2D eigenvalue weighted by Gasteiger charge is -2.19. The van der Waals surface area contributed by atoms with Crippen molar-refractivity contribution in [3.8, 4) is 11.5 Å². The number of anilines is 2. The fourth-order valence-electron chi connectivity index (χ4n) is 3.72. The minimum absolute atomic E-state index is 0.0579. The lowest BCUT2D eigenvalue weighted by atomic mass is 10.1. The number of esters is 1. The Morgan fingerprint density at radius 1 is 1.09 bits per heavy atom. The lowest BCUT2D eigenvalue weighted by molar-refractivity contribution is -0.124. The van der Waals surface area contributed by atoms with E-state index in [4.69, 9.17) is 18.7 Å². The standard InChI is InChI=1S/C23H29N3O7/c1-5-17(22(28)25-20-10-13(2)33-26-20)32-23(29)15-11-18(30-3)19(31-4)12-16(15)24-21(27)14-8-6-7-9-14/h10-12,14,17H,5-9H2,1-4H3,(H,24,27)(H,25,26,28)/t17-/m1/s1. The first-order valence-corrected chi connectivity index (χ1v) is 10.9. The highest BCUT2D eigenvalue weighted by Crippen LogP contribution is 2.35. The number of carbonyl (C=O) groups is 3. The van der Waals surface area contributed by atoms with Crippen LogP contribution < -0.4 is 20.1 Å². The van der Waals surface area contributed by atoms with Gasteiger partial charge in [0, 0.05) is 24.1 Å². The van der Waals surface area contributed by atoms with Gasteiger partial charge in [0.25, 0.3) is 5.91 Å². The van der Waals surface area contributed by atoms with Crippen LogP contribution in [0.15, 0.2) is 22.7 Å². The molecule has 2 amide bonds. The van der Waals surface area contributed by atoms with Crippen LogP contribution in [-0.4, -0.2) is 43.3 Å². The van der Waals surface area contributed by atoms with Gasteiger partial charge in [-0.15, -0.1) is 0 Å². The Morgan fingerprint density at radius 2 is 1.76 bits per heavy atom. The number of nitrogens with zero attached hydrogens (tertiary/aromatic N) is 1. The second-order valence-electron chi connectivity index (χ2n) is 7.84. The van der Waals surface area contributed by atoms with E-state index >= 15 is 0 Å². The largest absolute Gasteiger partial charge is 0.493 e. The van der Waals surface area contributed by atoms with Crippen LogP contribution in [0.1, 0.15) is 55.1 Å². The molecule has 1 aromatic carbocycles. The van der Waals surface area contributed by atoms with Crippen molar-refractivity contribution >= 4 is 29.3 Å². The zero-order valence-corrected chi connectivity index (χ0v) is 19.2.